The maximum Gasteiger partial charge on any atom is 0.0710 e. The number of halogens is 1. The Morgan fingerprint density at radius 3 is 2.79 bits per heavy atom. The third-order valence-electron chi connectivity index (χ3n) is 5.07. The molecular weight excluding hydrogens is 306 g/mol. The molecule has 2 saturated heterocycles. The van der Waals surface area contributed by atoms with E-state index in [2.05, 4.69) is 20.8 Å². The molecule has 0 amide bonds. The Bertz CT molecular complexity index is 294. The maximum absolute atomic E-state index is 6.49. The van der Waals surface area contributed by atoms with Gasteiger partial charge < -0.3 is 9.47 Å². The van der Waals surface area contributed by atoms with Crippen LogP contribution in [-0.4, -0.2) is 54.3 Å². The number of ether oxygens (including phenoxy) is 2. The Hall–Kier alpha value is 0.360. The molecule has 3 aliphatic rings. The highest BCUT2D eigenvalue weighted by atomic mass is 79.9. The van der Waals surface area contributed by atoms with Crippen LogP contribution in [0.25, 0.3) is 0 Å². The molecule has 1 aliphatic carbocycles. The van der Waals surface area contributed by atoms with Crippen LogP contribution in [0.2, 0.25) is 0 Å². The highest BCUT2D eigenvalue weighted by Gasteiger charge is 2.41. The van der Waals surface area contributed by atoms with E-state index >= 15 is 0 Å². The van der Waals surface area contributed by atoms with Gasteiger partial charge in [0.1, 0.15) is 0 Å². The quantitative estimate of drug-likeness (QED) is 0.742. The van der Waals surface area contributed by atoms with Gasteiger partial charge >= 0.3 is 0 Å². The van der Waals surface area contributed by atoms with Crippen molar-refractivity contribution >= 4 is 15.9 Å². The Labute approximate surface area is 125 Å². The van der Waals surface area contributed by atoms with Crippen molar-refractivity contribution in [1.82, 2.24) is 4.90 Å². The van der Waals surface area contributed by atoms with Gasteiger partial charge in [-0.15, -0.1) is 0 Å². The standard InChI is InChI=1S/C15H26BrNO2/c16-10-13-12-18-9-8-17(13)11-14-4-7-15(19-14)5-2-1-3-6-15/h13-14H,1-12H2. The number of hydrogen-bond acceptors (Lipinski definition) is 3. The van der Waals surface area contributed by atoms with E-state index in [4.69, 9.17) is 9.47 Å². The molecule has 19 heavy (non-hydrogen) atoms. The monoisotopic (exact) mass is 331 g/mol. The fourth-order valence-electron chi connectivity index (χ4n) is 3.92. The molecule has 3 rings (SSSR count). The molecule has 1 saturated carbocycles. The molecule has 0 radical (unpaired) electrons. The van der Waals surface area contributed by atoms with Crippen molar-refractivity contribution < 1.29 is 9.47 Å². The molecule has 110 valence electrons. The smallest absolute Gasteiger partial charge is 0.0710 e. The Kier molecular flexibility index (Phi) is 4.83. The average Bonchev–Trinajstić information content (AvgIpc) is 2.83. The van der Waals surface area contributed by atoms with E-state index in [1.54, 1.807) is 0 Å². The van der Waals surface area contributed by atoms with E-state index in [0.29, 0.717) is 12.1 Å². The lowest BCUT2D eigenvalue weighted by molar-refractivity contribution is -0.0854. The van der Waals surface area contributed by atoms with E-state index in [9.17, 15) is 0 Å². The van der Waals surface area contributed by atoms with Crippen LogP contribution < -0.4 is 0 Å². The van der Waals surface area contributed by atoms with Crippen molar-refractivity contribution in [3.05, 3.63) is 0 Å². The second-order valence-electron chi connectivity index (χ2n) is 6.40. The second-order valence-corrected chi connectivity index (χ2v) is 7.05. The highest BCUT2D eigenvalue weighted by molar-refractivity contribution is 9.09. The maximum atomic E-state index is 6.49. The fourth-order valence-corrected chi connectivity index (χ4v) is 4.52. The summed E-state index contributed by atoms with van der Waals surface area (Å²) in [4.78, 5) is 2.56. The van der Waals surface area contributed by atoms with Crippen molar-refractivity contribution in [3.8, 4) is 0 Å². The van der Waals surface area contributed by atoms with Crippen LogP contribution in [-0.2, 0) is 9.47 Å². The van der Waals surface area contributed by atoms with E-state index in [1.807, 2.05) is 0 Å². The second kappa shape index (κ2) is 6.42. The van der Waals surface area contributed by atoms with Gasteiger partial charge in [0.05, 0.1) is 24.9 Å². The van der Waals surface area contributed by atoms with Gasteiger partial charge in [0.15, 0.2) is 0 Å². The van der Waals surface area contributed by atoms with Gasteiger partial charge in [-0.3, -0.25) is 4.90 Å². The fraction of sp³-hybridized carbons (Fsp3) is 1.00. The third kappa shape index (κ3) is 3.34. The van der Waals surface area contributed by atoms with E-state index in [-0.39, 0.29) is 5.60 Å². The zero-order valence-corrected chi connectivity index (χ0v) is 13.4. The first kappa shape index (κ1) is 14.3. The third-order valence-corrected chi connectivity index (χ3v) is 5.82. The van der Waals surface area contributed by atoms with Gasteiger partial charge in [0.25, 0.3) is 0 Å². The number of morpholine rings is 1. The largest absolute Gasteiger partial charge is 0.378 e. The first-order valence-corrected chi connectivity index (χ1v) is 8.99. The molecule has 0 N–H and O–H groups in total. The molecule has 0 aromatic heterocycles. The predicted molar refractivity (Wildman–Crippen MR) is 79.9 cm³/mol. The summed E-state index contributed by atoms with van der Waals surface area (Å²) < 4.78 is 12.1. The lowest BCUT2D eigenvalue weighted by Gasteiger charge is -2.37. The minimum absolute atomic E-state index is 0.263. The molecule has 2 atom stereocenters. The Balaban J connectivity index is 1.53. The van der Waals surface area contributed by atoms with Crippen molar-refractivity contribution in [2.45, 2.75) is 62.7 Å². The average molecular weight is 332 g/mol. The zero-order valence-electron chi connectivity index (χ0n) is 11.8. The highest BCUT2D eigenvalue weighted by Crippen LogP contribution is 2.42. The topological polar surface area (TPSA) is 21.7 Å². The zero-order chi connectivity index (χ0) is 13.1. The summed E-state index contributed by atoms with van der Waals surface area (Å²) in [6.07, 6.45) is 9.75. The van der Waals surface area contributed by atoms with E-state index in [1.165, 1.54) is 44.9 Å². The molecule has 0 aromatic rings. The summed E-state index contributed by atoms with van der Waals surface area (Å²) >= 11 is 3.61. The summed E-state index contributed by atoms with van der Waals surface area (Å²) in [7, 11) is 0. The summed E-state index contributed by atoms with van der Waals surface area (Å²) in [6.45, 7) is 3.90. The van der Waals surface area contributed by atoms with Crippen LogP contribution in [0.1, 0.15) is 44.9 Å². The van der Waals surface area contributed by atoms with E-state index in [0.717, 1.165) is 31.6 Å². The van der Waals surface area contributed by atoms with Crippen LogP contribution >= 0.6 is 15.9 Å². The number of alkyl halides is 1. The Morgan fingerprint density at radius 2 is 2.00 bits per heavy atom. The molecule has 2 unspecified atom stereocenters. The van der Waals surface area contributed by atoms with Crippen molar-refractivity contribution in [3.63, 3.8) is 0 Å². The molecule has 0 aromatic carbocycles. The molecule has 2 heterocycles. The van der Waals surface area contributed by atoms with Gasteiger partial charge in [-0.05, 0) is 25.7 Å². The molecule has 1 spiro atoms. The van der Waals surface area contributed by atoms with Gasteiger partial charge in [-0.2, -0.15) is 0 Å². The number of hydrogen-bond donors (Lipinski definition) is 0. The van der Waals surface area contributed by atoms with Gasteiger partial charge in [0.2, 0.25) is 0 Å². The minimum atomic E-state index is 0.263. The van der Waals surface area contributed by atoms with Crippen molar-refractivity contribution in [2.75, 3.05) is 31.6 Å². The summed E-state index contributed by atoms with van der Waals surface area (Å²) in [6, 6.07) is 0.528. The van der Waals surface area contributed by atoms with Crippen LogP contribution in [0.3, 0.4) is 0 Å². The molecular formula is C15H26BrNO2. The van der Waals surface area contributed by atoms with Gasteiger partial charge in [-0.1, -0.05) is 35.2 Å². The van der Waals surface area contributed by atoms with Crippen LogP contribution in [0.4, 0.5) is 0 Å². The summed E-state index contributed by atoms with van der Waals surface area (Å²) in [5, 5.41) is 1.00. The van der Waals surface area contributed by atoms with Crippen LogP contribution in [0, 0.1) is 0 Å². The first-order valence-electron chi connectivity index (χ1n) is 7.87. The number of rotatable bonds is 3. The normalized spacial score (nSPS) is 35.8. The molecule has 3 nitrogen and oxygen atoms in total. The molecule has 2 aliphatic heterocycles. The van der Waals surface area contributed by atoms with Crippen LogP contribution in [0.15, 0.2) is 0 Å². The van der Waals surface area contributed by atoms with Crippen LogP contribution in [0.5, 0.6) is 0 Å². The van der Waals surface area contributed by atoms with Crippen molar-refractivity contribution in [2.24, 2.45) is 0 Å². The van der Waals surface area contributed by atoms with E-state index < -0.39 is 0 Å². The SMILES string of the molecule is BrCC1COCCN1CC1CCC2(CCCCC2)O1. The summed E-state index contributed by atoms with van der Waals surface area (Å²) in [5.74, 6) is 0. The molecule has 0 bridgehead atoms. The Morgan fingerprint density at radius 1 is 1.16 bits per heavy atom. The predicted octanol–water partition coefficient (Wildman–Crippen LogP) is 2.96. The van der Waals surface area contributed by atoms with Crippen molar-refractivity contribution in [1.29, 1.82) is 0 Å². The summed E-state index contributed by atoms with van der Waals surface area (Å²) in [5.41, 5.74) is 0.263. The number of nitrogens with zero attached hydrogens (tertiary/aromatic N) is 1. The van der Waals surface area contributed by atoms with Gasteiger partial charge in [0, 0.05) is 24.5 Å². The minimum Gasteiger partial charge on any atom is -0.378 e. The lowest BCUT2D eigenvalue weighted by Crippen LogP contribution is -2.49. The van der Waals surface area contributed by atoms with Gasteiger partial charge in [-0.25, -0.2) is 0 Å². The first-order chi connectivity index (χ1) is 9.31. The molecule has 4 heteroatoms. The lowest BCUT2D eigenvalue weighted by atomic mass is 9.83. The molecule has 3 fully saturated rings.